The SMILES string of the molecule is O=S(=O)(c1ccccc1)C(F)(C/C=C/c1ccccc1)S(=O)(=O)c1ccccc1. The zero-order valence-corrected chi connectivity index (χ0v) is 17.0. The van der Waals surface area contributed by atoms with Gasteiger partial charge in [0.2, 0.25) is 19.7 Å². The van der Waals surface area contributed by atoms with Gasteiger partial charge in [0.1, 0.15) is 0 Å². The van der Waals surface area contributed by atoms with Crippen LogP contribution in [0.2, 0.25) is 0 Å². The molecule has 0 heterocycles. The minimum Gasteiger partial charge on any atom is -0.219 e. The average molecular weight is 431 g/mol. The molecule has 0 amide bonds. The Labute approximate surface area is 170 Å². The van der Waals surface area contributed by atoms with E-state index in [0.29, 0.717) is 5.56 Å². The Balaban J connectivity index is 2.12. The molecule has 0 bridgehead atoms. The number of hydrogen-bond donors (Lipinski definition) is 0. The van der Waals surface area contributed by atoms with Gasteiger partial charge in [0.15, 0.2) is 0 Å². The van der Waals surface area contributed by atoms with Crippen LogP contribution < -0.4 is 0 Å². The zero-order chi connectivity index (χ0) is 21.0. The smallest absolute Gasteiger partial charge is 0.219 e. The van der Waals surface area contributed by atoms with Crippen molar-refractivity contribution < 1.29 is 21.2 Å². The molecule has 0 aliphatic heterocycles. The first kappa shape index (κ1) is 21.0. The Hall–Kier alpha value is -2.77. The molecule has 0 aliphatic carbocycles. The first-order valence-corrected chi connectivity index (χ1v) is 11.8. The molecule has 0 aliphatic rings. The third kappa shape index (κ3) is 4.02. The number of hydrogen-bond acceptors (Lipinski definition) is 4. The van der Waals surface area contributed by atoms with Crippen molar-refractivity contribution in [1.82, 2.24) is 0 Å². The summed E-state index contributed by atoms with van der Waals surface area (Å²) in [6.07, 6.45) is 1.88. The fourth-order valence-electron chi connectivity index (χ4n) is 2.82. The Morgan fingerprint density at radius 3 is 1.45 bits per heavy atom. The number of alkyl halides is 1. The number of halogens is 1. The number of rotatable bonds is 7. The standard InChI is InChI=1S/C22H19FO4S2/c23-22(18-10-13-19-11-4-1-5-12-19,28(24,25)20-14-6-2-7-15-20)29(26,27)21-16-8-3-9-17-21/h1-17H,18H2/b13-10+. The van der Waals surface area contributed by atoms with Crippen molar-refractivity contribution in [2.24, 2.45) is 0 Å². The van der Waals surface area contributed by atoms with Crippen LogP contribution in [0.3, 0.4) is 0 Å². The van der Waals surface area contributed by atoms with Crippen LogP contribution >= 0.6 is 0 Å². The van der Waals surface area contributed by atoms with Crippen LogP contribution in [0.25, 0.3) is 6.08 Å². The van der Waals surface area contributed by atoms with Crippen molar-refractivity contribution in [2.45, 2.75) is 20.5 Å². The van der Waals surface area contributed by atoms with Crippen LogP contribution in [0, 0.1) is 0 Å². The van der Waals surface area contributed by atoms with Crippen molar-refractivity contribution >= 4 is 25.8 Å². The second kappa shape index (κ2) is 8.31. The number of sulfone groups is 2. The maximum Gasteiger partial charge on any atom is 0.321 e. The van der Waals surface area contributed by atoms with E-state index in [-0.39, 0.29) is 0 Å². The van der Waals surface area contributed by atoms with Gasteiger partial charge < -0.3 is 0 Å². The monoisotopic (exact) mass is 430 g/mol. The van der Waals surface area contributed by atoms with Gasteiger partial charge in [-0.15, -0.1) is 0 Å². The summed E-state index contributed by atoms with van der Waals surface area (Å²) in [4.78, 5) is -0.787. The summed E-state index contributed by atoms with van der Waals surface area (Å²) in [5, 5.41) is 0. The van der Waals surface area contributed by atoms with Gasteiger partial charge in [-0.05, 0) is 29.8 Å². The largest absolute Gasteiger partial charge is 0.321 e. The molecule has 3 aromatic carbocycles. The van der Waals surface area contributed by atoms with E-state index in [0.717, 1.165) is 0 Å². The van der Waals surface area contributed by atoms with Gasteiger partial charge in [-0.2, -0.15) is 0 Å². The molecule has 29 heavy (non-hydrogen) atoms. The average Bonchev–Trinajstić information content (AvgIpc) is 2.75. The van der Waals surface area contributed by atoms with Gasteiger partial charge >= 0.3 is 4.33 Å². The van der Waals surface area contributed by atoms with Gasteiger partial charge in [-0.3, -0.25) is 0 Å². The number of allylic oxidation sites excluding steroid dienone is 1. The van der Waals surface area contributed by atoms with E-state index in [4.69, 9.17) is 0 Å². The van der Waals surface area contributed by atoms with E-state index < -0.39 is 40.2 Å². The molecule has 4 nitrogen and oxygen atoms in total. The predicted molar refractivity (Wildman–Crippen MR) is 111 cm³/mol. The van der Waals surface area contributed by atoms with Gasteiger partial charge in [-0.25, -0.2) is 21.2 Å². The fraction of sp³-hybridized carbons (Fsp3) is 0.0909. The highest BCUT2D eigenvalue weighted by Gasteiger charge is 2.56. The molecule has 150 valence electrons. The van der Waals surface area contributed by atoms with Gasteiger partial charge in [-0.1, -0.05) is 78.9 Å². The normalized spacial score (nSPS) is 12.9. The molecular formula is C22H19FO4S2. The summed E-state index contributed by atoms with van der Waals surface area (Å²) in [5.74, 6) is 0. The van der Waals surface area contributed by atoms with Crippen LogP contribution in [0.5, 0.6) is 0 Å². The maximum atomic E-state index is 16.2. The Kier molecular flexibility index (Phi) is 6.00. The maximum absolute atomic E-state index is 16.2. The van der Waals surface area contributed by atoms with Crippen LogP contribution in [-0.2, 0) is 19.7 Å². The summed E-state index contributed by atoms with van der Waals surface area (Å²) >= 11 is 0. The van der Waals surface area contributed by atoms with Crippen molar-refractivity contribution in [3.8, 4) is 0 Å². The van der Waals surface area contributed by atoms with Crippen molar-refractivity contribution in [3.63, 3.8) is 0 Å². The summed E-state index contributed by atoms with van der Waals surface area (Å²) in [5.41, 5.74) is 0.698. The molecule has 0 saturated carbocycles. The van der Waals surface area contributed by atoms with Gasteiger partial charge in [0.05, 0.1) is 9.79 Å². The van der Waals surface area contributed by atoms with Crippen molar-refractivity contribution in [2.75, 3.05) is 0 Å². The van der Waals surface area contributed by atoms with Gasteiger partial charge in [0.25, 0.3) is 0 Å². The zero-order valence-electron chi connectivity index (χ0n) is 15.3. The Morgan fingerprint density at radius 2 is 1.03 bits per heavy atom. The van der Waals surface area contributed by atoms with E-state index in [1.54, 1.807) is 42.5 Å². The molecule has 0 atom stereocenters. The van der Waals surface area contributed by atoms with Crippen LogP contribution in [0.15, 0.2) is 107 Å². The van der Waals surface area contributed by atoms with Crippen LogP contribution in [-0.4, -0.2) is 21.2 Å². The summed E-state index contributed by atoms with van der Waals surface area (Å²) in [7, 11) is -9.73. The minimum absolute atomic E-state index is 0.393. The minimum atomic E-state index is -4.87. The second-order valence-corrected chi connectivity index (χ2v) is 10.8. The lowest BCUT2D eigenvalue weighted by molar-refractivity contribution is 0.358. The van der Waals surface area contributed by atoms with E-state index in [1.807, 2.05) is 0 Å². The van der Waals surface area contributed by atoms with E-state index in [9.17, 15) is 16.8 Å². The quantitative estimate of drug-likeness (QED) is 0.547. The van der Waals surface area contributed by atoms with Crippen molar-refractivity contribution in [3.05, 3.63) is 103 Å². The molecule has 0 radical (unpaired) electrons. The molecule has 0 saturated heterocycles. The lowest BCUT2D eigenvalue weighted by Crippen LogP contribution is -2.42. The molecule has 7 heteroatoms. The topological polar surface area (TPSA) is 68.3 Å². The Morgan fingerprint density at radius 1 is 0.655 bits per heavy atom. The summed E-state index contributed by atoms with van der Waals surface area (Å²) in [6.45, 7) is 0. The molecule has 3 rings (SSSR count). The molecule has 0 spiro atoms. The third-order valence-electron chi connectivity index (χ3n) is 4.38. The van der Waals surface area contributed by atoms with E-state index in [1.165, 1.54) is 60.7 Å². The van der Waals surface area contributed by atoms with Crippen LogP contribution in [0.4, 0.5) is 4.39 Å². The lowest BCUT2D eigenvalue weighted by atomic mass is 10.2. The molecule has 0 N–H and O–H groups in total. The highest BCUT2D eigenvalue weighted by Crippen LogP contribution is 2.40. The second-order valence-electron chi connectivity index (χ2n) is 6.31. The lowest BCUT2D eigenvalue weighted by Gasteiger charge is -2.24. The molecular weight excluding hydrogens is 411 g/mol. The first-order valence-electron chi connectivity index (χ1n) is 8.79. The first-order chi connectivity index (χ1) is 13.8. The molecule has 0 fully saturated rings. The summed E-state index contributed by atoms with van der Waals surface area (Å²) in [6, 6.07) is 22.4. The molecule has 0 aromatic heterocycles. The third-order valence-corrected chi connectivity index (χ3v) is 9.42. The number of benzene rings is 3. The van der Waals surface area contributed by atoms with Crippen molar-refractivity contribution in [1.29, 1.82) is 0 Å². The van der Waals surface area contributed by atoms with Crippen LogP contribution in [0.1, 0.15) is 12.0 Å². The molecule has 3 aromatic rings. The highest BCUT2D eigenvalue weighted by atomic mass is 32.3. The Bertz CT molecular complexity index is 1120. The van der Waals surface area contributed by atoms with Gasteiger partial charge in [0, 0.05) is 6.42 Å². The predicted octanol–water partition coefficient (Wildman–Crippen LogP) is 4.66. The highest BCUT2D eigenvalue weighted by molar-refractivity contribution is 8.10. The fourth-order valence-corrected chi connectivity index (χ4v) is 6.91. The summed E-state index contributed by atoms with van der Waals surface area (Å²) < 4.78 is 65.1. The van der Waals surface area contributed by atoms with E-state index in [2.05, 4.69) is 0 Å². The van der Waals surface area contributed by atoms with E-state index >= 15 is 4.39 Å². The molecule has 0 unspecified atom stereocenters.